The van der Waals surface area contributed by atoms with Crippen LogP contribution in [-0.2, 0) is 24.8 Å². The standard InChI is InChI=1S/C23H33N3O6S2/c1-16(2)25-34(30,31)20-9-10-22(32-5)21(15-20)24-23(27)8-7-11-26(33(6,28)29)19-13-17(3)12-18(4)14-19/h9-10,12-16,25H,7-8,11H2,1-6H3,(H,24,27). The van der Waals surface area contributed by atoms with Crippen LogP contribution in [0.4, 0.5) is 11.4 Å². The number of carbonyl (C=O) groups is 1. The third-order valence-electron chi connectivity index (χ3n) is 4.81. The van der Waals surface area contributed by atoms with E-state index < -0.39 is 26.0 Å². The molecule has 0 aliphatic carbocycles. The van der Waals surface area contributed by atoms with Gasteiger partial charge >= 0.3 is 0 Å². The lowest BCUT2D eigenvalue weighted by Crippen LogP contribution is -2.31. The van der Waals surface area contributed by atoms with E-state index >= 15 is 0 Å². The van der Waals surface area contributed by atoms with Crippen molar-refractivity contribution < 1.29 is 26.4 Å². The minimum Gasteiger partial charge on any atom is -0.495 e. The molecule has 0 fully saturated rings. The van der Waals surface area contributed by atoms with E-state index in [0.29, 0.717) is 11.4 Å². The van der Waals surface area contributed by atoms with Gasteiger partial charge in [-0.1, -0.05) is 6.07 Å². The highest BCUT2D eigenvalue weighted by Gasteiger charge is 2.20. The largest absolute Gasteiger partial charge is 0.495 e. The summed E-state index contributed by atoms with van der Waals surface area (Å²) in [6.45, 7) is 7.33. The fraction of sp³-hybridized carbons (Fsp3) is 0.435. The van der Waals surface area contributed by atoms with Gasteiger partial charge in [0.2, 0.25) is 26.0 Å². The second-order valence-electron chi connectivity index (χ2n) is 8.47. The minimum atomic E-state index is -3.76. The van der Waals surface area contributed by atoms with E-state index in [4.69, 9.17) is 4.74 Å². The molecule has 2 N–H and O–H groups in total. The third kappa shape index (κ3) is 7.71. The number of methoxy groups -OCH3 is 1. The van der Waals surface area contributed by atoms with Gasteiger partial charge in [-0.25, -0.2) is 21.6 Å². The Hall–Kier alpha value is -2.63. The Morgan fingerprint density at radius 2 is 1.65 bits per heavy atom. The first-order chi connectivity index (χ1) is 15.7. The van der Waals surface area contributed by atoms with Crippen LogP contribution in [0.15, 0.2) is 41.3 Å². The van der Waals surface area contributed by atoms with E-state index in [0.717, 1.165) is 17.4 Å². The molecule has 0 saturated heterocycles. The third-order valence-corrected chi connectivity index (χ3v) is 7.66. The smallest absolute Gasteiger partial charge is 0.240 e. The molecule has 0 saturated carbocycles. The molecule has 11 heteroatoms. The number of amides is 1. The fourth-order valence-electron chi connectivity index (χ4n) is 3.51. The summed E-state index contributed by atoms with van der Waals surface area (Å²) in [5.41, 5.74) is 2.65. The lowest BCUT2D eigenvalue weighted by Gasteiger charge is -2.23. The Balaban J connectivity index is 2.14. The maximum atomic E-state index is 12.6. The molecule has 9 nitrogen and oxygen atoms in total. The summed E-state index contributed by atoms with van der Waals surface area (Å²) in [5, 5.41) is 2.67. The van der Waals surface area contributed by atoms with Gasteiger partial charge in [-0.15, -0.1) is 0 Å². The van der Waals surface area contributed by atoms with Gasteiger partial charge < -0.3 is 10.1 Å². The van der Waals surface area contributed by atoms with Gasteiger partial charge in [0.05, 0.1) is 29.6 Å². The monoisotopic (exact) mass is 511 g/mol. The average molecular weight is 512 g/mol. The van der Waals surface area contributed by atoms with Gasteiger partial charge in [0.1, 0.15) is 5.75 Å². The van der Waals surface area contributed by atoms with Crippen molar-refractivity contribution in [2.75, 3.05) is 29.5 Å². The zero-order chi connectivity index (χ0) is 25.7. The average Bonchev–Trinajstić information content (AvgIpc) is 2.68. The van der Waals surface area contributed by atoms with Gasteiger partial charge in [-0.2, -0.15) is 0 Å². The first-order valence-corrected chi connectivity index (χ1v) is 14.1. The zero-order valence-electron chi connectivity index (χ0n) is 20.4. The zero-order valence-corrected chi connectivity index (χ0v) is 22.0. The molecule has 188 valence electrons. The second-order valence-corrected chi connectivity index (χ2v) is 12.1. The molecule has 34 heavy (non-hydrogen) atoms. The summed E-state index contributed by atoms with van der Waals surface area (Å²) >= 11 is 0. The summed E-state index contributed by atoms with van der Waals surface area (Å²) < 4.78 is 58.7. The molecule has 0 aromatic heterocycles. The summed E-state index contributed by atoms with van der Waals surface area (Å²) in [7, 11) is -5.88. The molecule has 0 unspecified atom stereocenters. The van der Waals surface area contributed by atoms with Gasteiger partial charge in [0, 0.05) is 19.0 Å². The number of ether oxygens (including phenoxy) is 1. The quantitative estimate of drug-likeness (QED) is 0.478. The number of sulfonamides is 2. The number of nitrogens with zero attached hydrogens (tertiary/aromatic N) is 1. The number of anilines is 2. The number of hydrogen-bond acceptors (Lipinski definition) is 6. The molecule has 2 rings (SSSR count). The molecule has 0 aliphatic rings. The fourth-order valence-corrected chi connectivity index (χ4v) is 5.73. The highest BCUT2D eigenvalue weighted by Crippen LogP contribution is 2.28. The Morgan fingerprint density at radius 1 is 1.03 bits per heavy atom. The number of hydrogen-bond donors (Lipinski definition) is 2. The van der Waals surface area contributed by atoms with Crippen molar-refractivity contribution in [1.82, 2.24) is 4.72 Å². The van der Waals surface area contributed by atoms with Crippen LogP contribution in [-0.4, -0.2) is 48.7 Å². The normalized spacial score (nSPS) is 12.0. The van der Waals surface area contributed by atoms with Crippen LogP contribution in [0.3, 0.4) is 0 Å². The summed E-state index contributed by atoms with van der Waals surface area (Å²) in [6.07, 6.45) is 1.43. The van der Waals surface area contributed by atoms with Gasteiger partial charge in [0.25, 0.3) is 0 Å². The first kappa shape index (κ1) is 27.6. The van der Waals surface area contributed by atoms with Crippen molar-refractivity contribution in [3.63, 3.8) is 0 Å². The van der Waals surface area contributed by atoms with Gasteiger partial charge in [-0.05, 0) is 75.6 Å². The van der Waals surface area contributed by atoms with Crippen LogP contribution in [0.2, 0.25) is 0 Å². The van der Waals surface area contributed by atoms with Gasteiger partial charge in [-0.3, -0.25) is 9.10 Å². The number of aryl methyl sites for hydroxylation is 2. The number of nitrogens with one attached hydrogen (secondary N) is 2. The van der Waals surface area contributed by atoms with Crippen LogP contribution in [0.25, 0.3) is 0 Å². The second kappa shape index (κ2) is 11.2. The molecule has 2 aromatic rings. The van der Waals surface area contributed by atoms with Crippen LogP contribution >= 0.6 is 0 Å². The molecule has 0 radical (unpaired) electrons. The van der Waals surface area contributed by atoms with E-state index in [9.17, 15) is 21.6 Å². The Labute approximate surface area is 202 Å². The minimum absolute atomic E-state index is 0.00429. The maximum Gasteiger partial charge on any atom is 0.240 e. The molecule has 1 amide bonds. The van der Waals surface area contributed by atoms with Crippen molar-refractivity contribution in [2.24, 2.45) is 0 Å². The van der Waals surface area contributed by atoms with E-state index in [1.807, 2.05) is 19.9 Å². The van der Waals surface area contributed by atoms with E-state index in [2.05, 4.69) is 10.0 Å². The molecule has 0 aliphatic heterocycles. The lowest BCUT2D eigenvalue weighted by atomic mass is 10.1. The van der Waals surface area contributed by atoms with Crippen molar-refractivity contribution in [3.8, 4) is 5.75 Å². The molecule has 0 heterocycles. The summed E-state index contributed by atoms with van der Waals surface area (Å²) in [4.78, 5) is 12.6. The number of rotatable bonds is 11. The van der Waals surface area contributed by atoms with Crippen molar-refractivity contribution in [1.29, 1.82) is 0 Å². The Bertz CT molecular complexity index is 1220. The van der Waals surface area contributed by atoms with Crippen LogP contribution in [0, 0.1) is 13.8 Å². The van der Waals surface area contributed by atoms with Crippen molar-refractivity contribution in [2.45, 2.75) is 51.5 Å². The van der Waals surface area contributed by atoms with Crippen LogP contribution in [0.1, 0.15) is 37.8 Å². The maximum absolute atomic E-state index is 12.6. The molecular formula is C23H33N3O6S2. The summed E-state index contributed by atoms with van der Waals surface area (Å²) in [5.74, 6) is -0.0802. The molecule has 0 bridgehead atoms. The number of carbonyl (C=O) groups excluding carboxylic acids is 1. The summed E-state index contributed by atoms with van der Waals surface area (Å²) in [6, 6.07) is 9.44. The van der Waals surface area contributed by atoms with Crippen LogP contribution < -0.4 is 19.1 Å². The SMILES string of the molecule is COc1ccc(S(=O)(=O)NC(C)C)cc1NC(=O)CCCN(c1cc(C)cc(C)c1)S(C)(=O)=O. The Kier molecular flexibility index (Phi) is 9.09. The number of benzene rings is 2. The molecule has 0 spiro atoms. The highest BCUT2D eigenvalue weighted by molar-refractivity contribution is 7.92. The predicted molar refractivity (Wildman–Crippen MR) is 134 cm³/mol. The first-order valence-electron chi connectivity index (χ1n) is 10.8. The lowest BCUT2D eigenvalue weighted by molar-refractivity contribution is -0.116. The van der Waals surface area contributed by atoms with Crippen LogP contribution in [0.5, 0.6) is 5.75 Å². The van der Waals surface area contributed by atoms with Crippen molar-refractivity contribution in [3.05, 3.63) is 47.5 Å². The van der Waals surface area contributed by atoms with Gasteiger partial charge in [0.15, 0.2) is 0 Å². The van der Waals surface area contributed by atoms with Crippen molar-refractivity contribution >= 4 is 37.3 Å². The molecular weight excluding hydrogens is 478 g/mol. The topological polar surface area (TPSA) is 122 Å². The predicted octanol–water partition coefficient (Wildman–Crippen LogP) is 3.18. The highest BCUT2D eigenvalue weighted by atomic mass is 32.2. The van der Waals surface area contributed by atoms with E-state index in [1.165, 1.54) is 29.6 Å². The van der Waals surface area contributed by atoms with E-state index in [-0.39, 0.29) is 36.0 Å². The molecule has 0 atom stereocenters. The van der Waals surface area contributed by atoms with E-state index in [1.54, 1.807) is 26.0 Å². The Morgan fingerprint density at radius 3 is 2.18 bits per heavy atom. The molecule has 2 aromatic carbocycles.